The molecule has 0 heterocycles. The average Bonchev–Trinajstić information content (AvgIpc) is 3.50. The normalized spacial score (nSPS) is 13.4. The summed E-state index contributed by atoms with van der Waals surface area (Å²) in [6, 6.07) is 12.1. The lowest BCUT2D eigenvalue weighted by molar-refractivity contribution is -0.119. The van der Waals surface area contributed by atoms with Crippen LogP contribution in [0.4, 0.5) is 11.4 Å². The van der Waals surface area contributed by atoms with Gasteiger partial charge in [0.15, 0.2) is 0 Å². The molecule has 0 atom stereocenters. The van der Waals surface area contributed by atoms with Gasteiger partial charge in [0.05, 0.1) is 6.54 Å². The number of rotatable bonds is 8. The molecule has 1 aliphatic rings. The van der Waals surface area contributed by atoms with Crippen LogP contribution in [0, 0.1) is 20.8 Å². The highest BCUT2D eigenvalue weighted by molar-refractivity contribution is 9.10. The van der Waals surface area contributed by atoms with Gasteiger partial charge < -0.3 is 10.6 Å². The number of hydrogen-bond donors (Lipinski definition) is 2. The van der Waals surface area contributed by atoms with Crippen LogP contribution in [0.5, 0.6) is 0 Å². The zero-order chi connectivity index (χ0) is 21.0. The Morgan fingerprint density at radius 2 is 1.69 bits per heavy atom. The van der Waals surface area contributed by atoms with Gasteiger partial charge in [-0.15, -0.1) is 0 Å². The second kappa shape index (κ2) is 9.55. The second-order valence-corrected chi connectivity index (χ2v) is 8.63. The third kappa shape index (κ3) is 6.15. The first-order chi connectivity index (χ1) is 13.8. The lowest BCUT2D eigenvalue weighted by Gasteiger charge is -2.22. The van der Waals surface area contributed by atoms with Crippen molar-refractivity contribution in [2.45, 2.75) is 46.1 Å². The Labute approximate surface area is 181 Å². The number of nitrogens with one attached hydrogen (secondary N) is 2. The van der Waals surface area contributed by atoms with Gasteiger partial charge in [-0.05, 0) is 68.5 Å². The maximum Gasteiger partial charge on any atom is 0.238 e. The number of benzene rings is 2. The van der Waals surface area contributed by atoms with Crippen LogP contribution in [0.25, 0.3) is 0 Å². The molecule has 0 radical (unpaired) electrons. The highest BCUT2D eigenvalue weighted by Crippen LogP contribution is 2.27. The minimum absolute atomic E-state index is 0.0294. The van der Waals surface area contributed by atoms with Crippen molar-refractivity contribution in [1.29, 1.82) is 0 Å². The lowest BCUT2D eigenvalue weighted by atomic mass is 10.1. The van der Waals surface area contributed by atoms with Crippen molar-refractivity contribution in [3.63, 3.8) is 0 Å². The predicted octanol–water partition coefficient (Wildman–Crippen LogP) is 4.81. The van der Waals surface area contributed by atoms with Crippen molar-refractivity contribution >= 4 is 39.1 Å². The maximum absolute atomic E-state index is 12.6. The van der Waals surface area contributed by atoms with Crippen molar-refractivity contribution < 1.29 is 9.59 Å². The zero-order valence-electron chi connectivity index (χ0n) is 17.2. The molecule has 0 saturated heterocycles. The molecule has 0 unspecified atom stereocenters. The first-order valence-corrected chi connectivity index (χ1v) is 10.8. The van der Waals surface area contributed by atoms with Crippen LogP contribution in [-0.4, -0.2) is 35.8 Å². The van der Waals surface area contributed by atoms with E-state index < -0.39 is 0 Å². The number of amides is 2. The van der Waals surface area contributed by atoms with E-state index in [9.17, 15) is 9.59 Å². The first kappa shape index (κ1) is 21.5. The number of anilines is 2. The van der Waals surface area contributed by atoms with E-state index in [0.717, 1.165) is 45.4 Å². The minimum Gasteiger partial charge on any atom is -0.326 e. The van der Waals surface area contributed by atoms with E-state index in [4.69, 9.17) is 0 Å². The van der Waals surface area contributed by atoms with E-state index in [0.29, 0.717) is 25.6 Å². The van der Waals surface area contributed by atoms with Gasteiger partial charge in [0.25, 0.3) is 0 Å². The Kier molecular flexibility index (Phi) is 7.09. The summed E-state index contributed by atoms with van der Waals surface area (Å²) in [5.74, 6) is -0.0641. The molecule has 0 bridgehead atoms. The van der Waals surface area contributed by atoms with Crippen LogP contribution in [0.1, 0.15) is 36.0 Å². The molecule has 154 valence electrons. The van der Waals surface area contributed by atoms with Crippen LogP contribution in [0.15, 0.2) is 40.9 Å². The Bertz CT molecular complexity index is 889. The van der Waals surface area contributed by atoms with Crippen molar-refractivity contribution in [1.82, 2.24) is 4.90 Å². The predicted molar refractivity (Wildman–Crippen MR) is 121 cm³/mol. The van der Waals surface area contributed by atoms with Gasteiger partial charge >= 0.3 is 0 Å². The fourth-order valence-corrected chi connectivity index (χ4v) is 3.64. The number of aryl methyl sites for hydroxylation is 3. The number of halogens is 1. The smallest absolute Gasteiger partial charge is 0.238 e. The molecule has 2 N–H and O–H groups in total. The van der Waals surface area contributed by atoms with Crippen LogP contribution in [-0.2, 0) is 9.59 Å². The molecular formula is C23H28BrN3O2. The summed E-state index contributed by atoms with van der Waals surface area (Å²) in [5.41, 5.74) is 4.87. The number of hydrogen-bond acceptors (Lipinski definition) is 3. The van der Waals surface area contributed by atoms with Crippen molar-refractivity contribution in [2.24, 2.45) is 0 Å². The van der Waals surface area contributed by atoms with Crippen LogP contribution in [0.2, 0.25) is 0 Å². The second-order valence-electron chi connectivity index (χ2n) is 7.78. The van der Waals surface area contributed by atoms with E-state index in [1.165, 1.54) is 0 Å². The highest BCUT2D eigenvalue weighted by Gasteiger charge is 2.30. The largest absolute Gasteiger partial charge is 0.326 e. The molecule has 29 heavy (non-hydrogen) atoms. The van der Waals surface area contributed by atoms with Crippen LogP contribution in [0.3, 0.4) is 0 Å². The van der Waals surface area contributed by atoms with Crippen molar-refractivity contribution in [3.8, 4) is 0 Å². The SMILES string of the molecule is Cc1cc(NC(=O)CCN(CC(=O)Nc2c(C)cccc2C)C2CC2)ccc1Br. The molecule has 1 aliphatic carbocycles. The number of para-hydroxylation sites is 1. The van der Waals surface area contributed by atoms with Gasteiger partial charge in [0.1, 0.15) is 0 Å². The lowest BCUT2D eigenvalue weighted by Crippen LogP contribution is -2.37. The first-order valence-electron chi connectivity index (χ1n) is 9.99. The van der Waals surface area contributed by atoms with Gasteiger partial charge in [-0.1, -0.05) is 34.1 Å². The summed E-state index contributed by atoms with van der Waals surface area (Å²) in [4.78, 5) is 27.1. The molecule has 3 rings (SSSR count). The summed E-state index contributed by atoms with van der Waals surface area (Å²) in [6.45, 7) is 6.86. The minimum atomic E-state index is -0.0347. The Balaban J connectivity index is 1.53. The fourth-order valence-electron chi connectivity index (χ4n) is 3.40. The molecule has 2 aromatic carbocycles. The molecule has 5 nitrogen and oxygen atoms in total. The van der Waals surface area contributed by atoms with Gasteiger partial charge in [0, 0.05) is 34.9 Å². The number of carbonyl (C=O) groups is 2. The summed E-state index contributed by atoms with van der Waals surface area (Å²) < 4.78 is 1.02. The quantitative estimate of drug-likeness (QED) is 0.597. The number of nitrogens with zero attached hydrogens (tertiary/aromatic N) is 1. The fraction of sp³-hybridized carbons (Fsp3) is 0.391. The zero-order valence-corrected chi connectivity index (χ0v) is 18.8. The van der Waals surface area contributed by atoms with E-state index in [1.54, 1.807) is 0 Å². The summed E-state index contributed by atoms with van der Waals surface area (Å²) in [5, 5.41) is 5.99. The van der Waals surface area contributed by atoms with Gasteiger partial charge in [-0.2, -0.15) is 0 Å². The molecule has 2 aromatic rings. The molecule has 2 amide bonds. The van der Waals surface area contributed by atoms with E-state index in [2.05, 4.69) is 31.5 Å². The summed E-state index contributed by atoms with van der Waals surface area (Å²) >= 11 is 3.47. The van der Waals surface area contributed by atoms with Gasteiger partial charge in [-0.3, -0.25) is 14.5 Å². The molecule has 1 saturated carbocycles. The van der Waals surface area contributed by atoms with Gasteiger partial charge in [-0.25, -0.2) is 0 Å². The molecule has 6 heteroatoms. The van der Waals surface area contributed by atoms with E-state index >= 15 is 0 Å². The van der Waals surface area contributed by atoms with Crippen LogP contribution < -0.4 is 10.6 Å². The molecule has 0 aliphatic heterocycles. The summed E-state index contributed by atoms with van der Waals surface area (Å²) in [7, 11) is 0. The van der Waals surface area contributed by atoms with Crippen LogP contribution >= 0.6 is 15.9 Å². The molecule has 1 fully saturated rings. The topological polar surface area (TPSA) is 61.4 Å². The van der Waals surface area contributed by atoms with E-state index in [-0.39, 0.29) is 11.8 Å². The third-order valence-corrected chi connectivity index (χ3v) is 6.11. The summed E-state index contributed by atoms with van der Waals surface area (Å²) in [6.07, 6.45) is 2.54. The Morgan fingerprint density at radius 3 is 2.31 bits per heavy atom. The molecular weight excluding hydrogens is 430 g/mol. The number of carbonyl (C=O) groups excluding carboxylic acids is 2. The van der Waals surface area contributed by atoms with Crippen molar-refractivity contribution in [3.05, 3.63) is 57.6 Å². The molecule has 0 aromatic heterocycles. The molecule has 0 spiro atoms. The third-order valence-electron chi connectivity index (χ3n) is 5.22. The Morgan fingerprint density at radius 1 is 1.00 bits per heavy atom. The van der Waals surface area contributed by atoms with Gasteiger partial charge in [0.2, 0.25) is 11.8 Å². The Hall–Kier alpha value is -2.18. The monoisotopic (exact) mass is 457 g/mol. The van der Waals surface area contributed by atoms with Crippen molar-refractivity contribution in [2.75, 3.05) is 23.7 Å². The standard InChI is InChI=1S/C23H28BrN3O2/c1-15-5-4-6-16(2)23(15)26-22(29)14-27(19-8-9-19)12-11-21(28)25-18-7-10-20(24)17(3)13-18/h4-7,10,13,19H,8-9,11-12,14H2,1-3H3,(H,25,28)(H,26,29). The van der Waals surface area contributed by atoms with E-state index in [1.807, 2.05) is 57.2 Å². The average molecular weight is 458 g/mol. The maximum atomic E-state index is 12.6. The highest BCUT2D eigenvalue weighted by atomic mass is 79.9.